The number of carbonyl (C=O) groups is 1. The maximum absolute atomic E-state index is 12.8. The molecule has 4 nitrogen and oxygen atoms in total. The molecule has 3 aromatic rings. The molecule has 4 heteroatoms. The molecule has 28 heavy (non-hydrogen) atoms. The van der Waals surface area contributed by atoms with Gasteiger partial charge in [0.25, 0.3) is 0 Å². The van der Waals surface area contributed by atoms with Crippen molar-refractivity contribution in [3.63, 3.8) is 0 Å². The minimum atomic E-state index is -0.431. The number of hydrogen-bond acceptors (Lipinski definition) is 4. The fourth-order valence-electron chi connectivity index (χ4n) is 3.28. The maximum atomic E-state index is 12.8. The van der Waals surface area contributed by atoms with E-state index in [4.69, 9.17) is 4.74 Å². The van der Waals surface area contributed by atoms with E-state index in [-0.39, 0.29) is 5.43 Å². The molecule has 3 rings (SSSR count). The Bertz CT molecular complexity index is 1080. The quantitative estimate of drug-likeness (QED) is 0.457. The van der Waals surface area contributed by atoms with E-state index < -0.39 is 5.97 Å². The molecular weight excluding hydrogens is 350 g/mol. The van der Waals surface area contributed by atoms with Gasteiger partial charge in [0.2, 0.25) is 0 Å². The first-order valence-electron chi connectivity index (χ1n) is 9.59. The number of likely N-dealkylation sites (N-methyl/N-ethyl adjacent to an activating group) is 1. The summed E-state index contributed by atoms with van der Waals surface area (Å²) < 4.78 is 5.37. The maximum Gasteiger partial charge on any atom is 0.338 e. The van der Waals surface area contributed by atoms with Crippen LogP contribution in [0.3, 0.4) is 0 Å². The van der Waals surface area contributed by atoms with Crippen LogP contribution in [0.15, 0.2) is 66.0 Å². The van der Waals surface area contributed by atoms with E-state index in [1.807, 2.05) is 42.5 Å². The van der Waals surface area contributed by atoms with Crippen molar-refractivity contribution in [1.82, 2.24) is 4.90 Å². The molecule has 0 heterocycles. The van der Waals surface area contributed by atoms with Crippen LogP contribution < -0.4 is 5.43 Å². The highest BCUT2D eigenvalue weighted by molar-refractivity contribution is 6.16. The molecule has 0 aliphatic rings. The lowest BCUT2D eigenvalue weighted by Gasteiger charge is -2.17. The van der Waals surface area contributed by atoms with Gasteiger partial charge in [0.15, 0.2) is 5.43 Å². The third-order valence-corrected chi connectivity index (χ3v) is 5.07. The van der Waals surface area contributed by atoms with Crippen molar-refractivity contribution < 1.29 is 9.53 Å². The lowest BCUT2D eigenvalue weighted by Crippen LogP contribution is -2.28. The Labute approximate surface area is 165 Å². The smallest absolute Gasteiger partial charge is 0.338 e. The van der Waals surface area contributed by atoms with Crippen LogP contribution in [0.5, 0.6) is 0 Å². The predicted molar refractivity (Wildman–Crippen MR) is 116 cm³/mol. The predicted octanol–water partition coefficient (Wildman–Crippen LogP) is 4.25. The number of nitrogens with zero attached hydrogens (tertiary/aromatic N) is 1. The van der Waals surface area contributed by atoms with Crippen molar-refractivity contribution in [2.75, 3.05) is 26.2 Å². The van der Waals surface area contributed by atoms with Crippen molar-refractivity contribution >= 4 is 33.1 Å². The lowest BCUT2D eigenvalue weighted by atomic mass is 10.0. The van der Waals surface area contributed by atoms with Crippen LogP contribution in [0.1, 0.15) is 19.4 Å². The van der Waals surface area contributed by atoms with E-state index in [1.165, 1.54) is 0 Å². The molecule has 0 aliphatic carbocycles. The molecule has 0 atom stereocenters. The second-order valence-corrected chi connectivity index (χ2v) is 6.69. The summed E-state index contributed by atoms with van der Waals surface area (Å²) in [5.74, 6) is -0.431. The Balaban J connectivity index is 1.85. The van der Waals surface area contributed by atoms with Gasteiger partial charge in [-0.25, -0.2) is 4.79 Å². The summed E-state index contributed by atoms with van der Waals surface area (Å²) in [6, 6.07) is 16.7. The highest BCUT2D eigenvalue weighted by atomic mass is 16.5. The van der Waals surface area contributed by atoms with E-state index in [0.717, 1.165) is 23.9 Å². The summed E-state index contributed by atoms with van der Waals surface area (Å²) in [6.45, 7) is 10.9. The first-order chi connectivity index (χ1) is 13.5. The minimum Gasteiger partial charge on any atom is -0.461 e. The van der Waals surface area contributed by atoms with Crippen molar-refractivity contribution in [3.05, 3.63) is 77.0 Å². The van der Waals surface area contributed by atoms with Crippen LogP contribution in [0.2, 0.25) is 0 Å². The zero-order valence-electron chi connectivity index (χ0n) is 16.4. The molecule has 0 saturated heterocycles. The number of hydrogen-bond donors (Lipinski definition) is 0. The Kier molecular flexibility index (Phi) is 6.22. The largest absolute Gasteiger partial charge is 0.461 e. The molecule has 0 radical (unpaired) electrons. The molecule has 144 valence electrons. The highest BCUT2D eigenvalue weighted by Crippen LogP contribution is 2.21. The van der Waals surface area contributed by atoms with Gasteiger partial charge in [0, 0.05) is 17.3 Å². The van der Waals surface area contributed by atoms with Gasteiger partial charge in [0.1, 0.15) is 6.61 Å². The SMILES string of the molecule is C=C(C(=O)OCCN(CC)CC)c1ccc2c(=O)c3ccccc3ccc2c1. The average Bonchev–Trinajstić information content (AvgIpc) is 2.87. The van der Waals surface area contributed by atoms with Gasteiger partial charge in [-0.2, -0.15) is 0 Å². The van der Waals surface area contributed by atoms with Gasteiger partial charge in [-0.15, -0.1) is 0 Å². The molecule has 0 bridgehead atoms. The third kappa shape index (κ3) is 4.12. The Morgan fingerprint density at radius 3 is 2.39 bits per heavy atom. The molecule has 0 spiro atoms. The van der Waals surface area contributed by atoms with Gasteiger partial charge in [-0.05, 0) is 41.6 Å². The summed E-state index contributed by atoms with van der Waals surface area (Å²) in [6.07, 6.45) is 0. The van der Waals surface area contributed by atoms with Crippen LogP contribution in [-0.2, 0) is 9.53 Å². The van der Waals surface area contributed by atoms with Crippen LogP contribution in [-0.4, -0.2) is 37.1 Å². The normalized spacial score (nSPS) is 11.1. The summed E-state index contributed by atoms with van der Waals surface area (Å²) >= 11 is 0. The van der Waals surface area contributed by atoms with Gasteiger partial charge >= 0.3 is 5.97 Å². The highest BCUT2D eigenvalue weighted by Gasteiger charge is 2.13. The van der Waals surface area contributed by atoms with E-state index in [9.17, 15) is 9.59 Å². The fourth-order valence-corrected chi connectivity index (χ4v) is 3.28. The monoisotopic (exact) mass is 375 g/mol. The van der Waals surface area contributed by atoms with Gasteiger partial charge < -0.3 is 9.64 Å². The number of carbonyl (C=O) groups excluding carboxylic acids is 1. The van der Waals surface area contributed by atoms with Crippen molar-refractivity contribution in [1.29, 1.82) is 0 Å². The second kappa shape index (κ2) is 8.81. The van der Waals surface area contributed by atoms with Crippen molar-refractivity contribution in [3.8, 4) is 0 Å². The summed E-state index contributed by atoms with van der Waals surface area (Å²) in [5.41, 5.74) is 0.939. The number of fused-ring (bicyclic) bond motifs is 2. The molecule has 0 fully saturated rings. The van der Waals surface area contributed by atoms with Crippen LogP contribution in [0, 0.1) is 0 Å². The molecule has 0 N–H and O–H groups in total. The number of rotatable bonds is 7. The van der Waals surface area contributed by atoms with E-state index in [0.29, 0.717) is 35.1 Å². The molecule has 3 aromatic carbocycles. The van der Waals surface area contributed by atoms with E-state index in [2.05, 4.69) is 25.3 Å². The van der Waals surface area contributed by atoms with E-state index >= 15 is 0 Å². The molecule has 0 aromatic heterocycles. The Morgan fingerprint density at radius 2 is 1.64 bits per heavy atom. The lowest BCUT2D eigenvalue weighted by molar-refractivity contribution is -0.137. The van der Waals surface area contributed by atoms with Crippen LogP contribution >= 0.6 is 0 Å². The number of esters is 1. The van der Waals surface area contributed by atoms with E-state index in [1.54, 1.807) is 12.1 Å². The van der Waals surface area contributed by atoms with Crippen LogP contribution in [0.25, 0.3) is 27.1 Å². The zero-order valence-corrected chi connectivity index (χ0v) is 16.4. The number of benzene rings is 2. The van der Waals surface area contributed by atoms with Crippen LogP contribution in [0.4, 0.5) is 0 Å². The van der Waals surface area contributed by atoms with Gasteiger partial charge in [0.05, 0.1) is 5.57 Å². The first-order valence-corrected chi connectivity index (χ1v) is 9.59. The Hall–Kier alpha value is -2.98. The summed E-state index contributed by atoms with van der Waals surface area (Å²) in [5, 5.41) is 2.96. The zero-order chi connectivity index (χ0) is 20.1. The average molecular weight is 375 g/mol. The topological polar surface area (TPSA) is 46.6 Å². The van der Waals surface area contributed by atoms with Gasteiger partial charge in [-0.3, -0.25) is 4.79 Å². The second-order valence-electron chi connectivity index (χ2n) is 6.69. The number of ether oxygens (including phenoxy) is 1. The fraction of sp³-hybridized carbons (Fsp3) is 0.250. The van der Waals surface area contributed by atoms with Crippen molar-refractivity contribution in [2.24, 2.45) is 0 Å². The third-order valence-electron chi connectivity index (χ3n) is 5.07. The standard InChI is InChI=1S/C24H25NO3/c1-4-25(5-2)14-15-28-24(27)17(3)19-12-13-22-20(16-19)11-10-18-8-6-7-9-21(18)23(22)26/h6-13,16H,3-5,14-15H2,1-2H3. The molecule has 0 saturated carbocycles. The first kappa shape index (κ1) is 19.8. The molecule has 0 amide bonds. The molecule has 0 aliphatic heterocycles. The minimum absolute atomic E-state index is 0.0189. The summed E-state index contributed by atoms with van der Waals surface area (Å²) in [7, 11) is 0. The Morgan fingerprint density at radius 1 is 0.964 bits per heavy atom. The molecular formula is C24H25NO3. The summed E-state index contributed by atoms with van der Waals surface area (Å²) in [4.78, 5) is 27.4. The van der Waals surface area contributed by atoms with Gasteiger partial charge in [-0.1, -0.05) is 62.9 Å². The molecule has 0 unspecified atom stereocenters. The van der Waals surface area contributed by atoms with Crippen molar-refractivity contribution in [2.45, 2.75) is 13.8 Å².